The van der Waals surface area contributed by atoms with Crippen LogP contribution >= 0.6 is 11.3 Å². The predicted octanol–water partition coefficient (Wildman–Crippen LogP) is 2.32. The lowest BCUT2D eigenvalue weighted by Crippen LogP contribution is -2.30. The molecule has 0 atom stereocenters. The summed E-state index contributed by atoms with van der Waals surface area (Å²) in [5, 5.41) is 0.695. The van der Waals surface area contributed by atoms with Gasteiger partial charge in [-0.05, 0) is 12.8 Å². The molecule has 90 valence electrons. The van der Waals surface area contributed by atoms with Crippen LogP contribution in [0.25, 0.3) is 0 Å². The molecular weight excluding hydrogens is 236 g/mol. The van der Waals surface area contributed by atoms with Crippen molar-refractivity contribution in [1.29, 1.82) is 0 Å². The molecule has 1 saturated heterocycles. The van der Waals surface area contributed by atoms with Crippen molar-refractivity contribution in [2.24, 2.45) is 4.99 Å². The van der Waals surface area contributed by atoms with Gasteiger partial charge in [-0.15, -0.1) is 11.3 Å². The Morgan fingerprint density at radius 1 is 1.41 bits per heavy atom. The number of carbonyl (C=O) groups is 1. The van der Waals surface area contributed by atoms with Gasteiger partial charge < -0.3 is 9.64 Å². The fourth-order valence-corrected chi connectivity index (χ4v) is 3.12. The largest absolute Gasteiger partial charge is 0.416 e. The zero-order valence-corrected chi connectivity index (χ0v) is 10.3. The number of amides is 1. The summed E-state index contributed by atoms with van der Waals surface area (Å²) < 4.78 is 5.39. The van der Waals surface area contributed by atoms with Crippen LogP contribution in [-0.2, 0) is 6.42 Å². The van der Waals surface area contributed by atoms with Crippen molar-refractivity contribution in [3.05, 3.63) is 16.5 Å². The van der Waals surface area contributed by atoms with E-state index in [1.165, 1.54) is 4.88 Å². The Bertz CT molecular complexity index is 461. The molecule has 0 N–H and O–H groups in total. The van der Waals surface area contributed by atoms with Crippen molar-refractivity contribution in [3.8, 4) is 5.06 Å². The van der Waals surface area contributed by atoms with Crippen LogP contribution in [0.5, 0.6) is 5.06 Å². The summed E-state index contributed by atoms with van der Waals surface area (Å²) in [6.45, 7) is 2.49. The molecular formula is C12H14N2O2S. The third kappa shape index (κ3) is 2.20. The number of likely N-dealkylation sites (tertiary alicyclic amines) is 1. The number of nitrogens with zero attached hydrogens (tertiary/aromatic N) is 2. The summed E-state index contributed by atoms with van der Waals surface area (Å²) >= 11 is 1.56. The third-order valence-corrected chi connectivity index (χ3v) is 4.16. The molecule has 0 bridgehead atoms. The highest BCUT2D eigenvalue weighted by molar-refractivity contribution is 7.14. The van der Waals surface area contributed by atoms with Crippen molar-refractivity contribution in [1.82, 2.24) is 4.90 Å². The molecule has 1 fully saturated rings. The van der Waals surface area contributed by atoms with Crippen LogP contribution in [0, 0.1) is 0 Å². The molecule has 3 heterocycles. The highest BCUT2D eigenvalue weighted by atomic mass is 32.1. The third-order valence-electron chi connectivity index (χ3n) is 3.07. The van der Waals surface area contributed by atoms with Crippen molar-refractivity contribution in [3.63, 3.8) is 0 Å². The Morgan fingerprint density at radius 3 is 3.00 bits per heavy atom. The standard InChI is InChI=1S/C12H14N2O2S/c15-12(14-5-1-2-6-14)16-11-7-9-8-13-4-3-10(9)17-11/h7-8H,1-6H2. The van der Waals surface area contributed by atoms with Gasteiger partial charge in [0.2, 0.25) is 0 Å². The lowest BCUT2D eigenvalue weighted by molar-refractivity contribution is 0.164. The van der Waals surface area contributed by atoms with E-state index in [4.69, 9.17) is 4.74 Å². The number of ether oxygens (including phenoxy) is 1. The predicted molar refractivity (Wildman–Crippen MR) is 67.3 cm³/mol. The van der Waals surface area contributed by atoms with E-state index in [1.807, 2.05) is 12.3 Å². The first-order valence-corrected chi connectivity index (χ1v) is 6.74. The molecule has 0 saturated carbocycles. The first kappa shape index (κ1) is 10.8. The molecule has 1 amide bonds. The first-order chi connectivity index (χ1) is 8.33. The van der Waals surface area contributed by atoms with Gasteiger partial charge in [0.25, 0.3) is 0 Å². The zero-order valence-electron chi connectivity index (χ0n) is 9.52. The van der Waals surface area contributed by atoms with E-state index in [1.54, 1.807) is 16.2 Å². The van der Waals surface area contributed by atoms with Gasteiger partial charge in [0.05, 0.1) is 0 Å². The van der Waals surface area contributed by atoms with Gasteiger partial charge in [0.1, 0.15) is 0 Å². The topological polar surface area (TPSA) is 41.9 Å². The number of hydrogen-bond donors (Lipinski definition) is 0. The molecule has 0 unspecified atom stereocenters. The van der Waals surface area contributed by atoms with Crippen LogP contribution in [0.2, 0.25) is 0 Å². The van der Waals surface area contributed by atoms with E-state index in [9.17, 15) is 4.79 Å². The first-order valence-electron chi connectivity index (χ1n) is 5.92. The van der Waals surface area contributed by atoms with Gasteiger partial charge in [-0.3, -0.25) is 4.99 Å². The van der Waals surface area contributed by atoms with Gasteiger partial charge in [-0.2, -0.15) is 0 Å². The summed E-state index contributed by atoms with van der Waals surface area (Å²) in [6.07, 6.45) is 4.78. The average molecular weight is 250 g/mol. The van der Waals surface area contributed by atoms with Gasteiger partial charge in [-0.25, -0.2) is 4.79 Å². The van der Waals surface area contributed by atoms with E-state index in [-0.39, 0.29) is 6.09 Å². The molecule has 17 heavy (non-hydrogen) atoms. The van der Waals surface area contributed by atoms with Gasteiger partial charge >= 0.3 is 6.09 Å². The highest BCUT2D eigenvalue weighted by Crippen LogP contribution is 2.31. The van der Waals surface area contributed by atoms with Gasteiger partial charge in [0, 0.05) is 48.8 Å². The number of fused-ring (bicyclic) bond motifs is 1. The molecule has 2 aliphatic heterocycles. The van der Waals surface area contributed by atoms with Crippen molar-refractivity contribution >= 4 is 23.6 Å². The summed E-state index contributed by atoms with van der Waals surface area (Å²) in [4.78, 5) is 19.1. The van der Waals surface area contributed by atoms with Crippen molar-refractivity contribution < 1.29 is 9.53 Å². The van der Waals surface area contributed by atoms with E-state index in [2.05, 4.69) is 4.99 Å². The average Bonchev–Trinajstić information content (AvgIpc) is 2.97. The van der Waals surface area contributed by atoms with Crippen LogP contribution < -0.4 is 4.74 Å². The maximum Gasteiger partial charge on any atom is 0.416 e. The number of carbonyl (C=O) groups excluding carboxylic acids is 1. The molecule has 5 heteroatoms. The van der Waals surface area contributed by atoms with Gasteiger partial charge in [0.15, 0.2) is 5.06 Å². The fraction of sp³-hybridized carbons (Fsp3) is 0.500. The molecule has 4 nitrogen and oxygen atoms in total. The van der Waals surface area contributed by atoms with Crippen LogP contribution in [0.3, 0.4) is 0 Å². The SMILES string of the molecule is O=C(Oc1cc2c(s1)CCN=C2)N1CCCC1. The molecule has 0 aromatic carbocycles. The second kappa shape index (κ2) is 4.49. The number of aliphatic imine (C=N–C) groups is 1. The molecule has 0 spiro atoms. The maximum absolute atomic E-state index is 11.8. The number of thiophene rings is 1. The van der Waals surface area contributed by atoms with Crippen molar-refractivity contribution in [2.75, 3.05) is 19.6 Å². The van der Waals surface area contributed by atoms with E-state index in [0.717, 1.165) is 44.5 Å². The lowest BCUT2D eigenvalue weighted by Gasteiger charge is -2.13. The monoisotopic (exact) mass is 250 g/mol. The fourth-order valence-electron chi connectivity index (χ4n) is 2.15. The Kier molecular flexibility index (Phi) is 2.84. The minimum atomic E-state index is -0.210. The molecule has 0 radical (unpaired) electrons. The van der Waals surface area contributed by atoms with Gasteiger partial charge in [-0.1, -0.05) is 0 Å². The molecule has 1 aromatic rings. The summed E-state index contributed by atoms with van der Waals surface area (Å²) in [7, 11) is 0. The van der Waals surface area contributed by atoms with E-state index in [0.29, 0.717) is 5.06 Å². The normalized spacial score (nSPS) is 18.2. The second-order valence-electron chi connectivity index (χ2n) is 4.29. The molecule has 0 aliphatic carbocycles. The van der Waals surface area contributed by atoms with E-state index < -0.39 is 0 Å². The molecule has 2 aliphatic rings. The minimum absolute atomic E-state index is 0.210. The molecule has 1 aromatic heterocycles. The smallest absolute Gasteiger partial charge is 0.399 e. The Labute approximate surface area is 104 Å². The quantitative estimate of drug-likeness (QED) is 0.767. The Morgan fingerprint density at radius 2 is 2.24 bits per heavy atom. The van der Waals surface area contributed by atoms with Crippen LogP contribution in [0.1, 0.15) is 23.3 Å². The minimum Gasteiger partial charge on any atom is -0.399 e. The lowest BCUT2D eigenvalue weighted by atomic mass is 10.2. The zero-order chi connectivity index (χ0) is 11.7. The summed E-state index contributed by atoms with van der Waals surface area (Å²) in [5.41, 5.74) is 1.10. The number of hydrogen-bond acceptors (Lipinski definition) is 4. The summed E-state index contributed by atoms with van der Waals surface area (Å²) in [6, 6.07) is 1.91. The van der Waals surface area contributed by atoms with Crippen LogP contribution in [0.15, 0.2) is 11.1 Å². The molecule has 3 rings (SSSR count). The highest BCUT2D eigenvalue weighted by Gasteiger charge is 2.21. The van der Waals surface area contributed by atoms with Crippen LogP contribution in [0.4, 0.5) is 4.79 Å². The Hall–Kier alpha value is -1.36. The van der Waals surface area contributed by atoms with Crippen LogP contribution in [-0.4, -0.2) is 36.8 Å². The van der Waals surface area contributed by atoms with E-state index >= 15 is 0 Å². The summed E-state index contributed by atoms with van der Waals surface area (Å²) in [5.74, 6) is 0. The number of rotatable bonds is 1. The Balaban J connectivity index is 1.70. The second-order valence-corrected chi connectivity index (χ2v) is 5.39. The maximum atomic E-state index is 11.8. The van der Waals surface area contributed by atoms with Crippen molar-refractivity contribution in [2.45, 2.75) is 19.3 Å².